The molecule has 1 heterocycles. The minimum Gasteiger partial charge on any atom is -0.437 e. The number of nitrogens with one attached hydrogen (secondary N) is 1. The van der Waals surface area contributed by atoms with Crippen molar-refractivity contribution < 1.29 is 17.9 Å². The van der Waals surface area contributed by atoms with Crippen molar-refractivity contribution in [1.29, 1.82) is 0 Å². The van der Waals surface area contributed by atoms with Gasteiger partial charge in [-0.25, -0.2) is 4.98 Å². The van der Waals surface area contributed by atoms with Crippen LogP contribution in [0.25, 0.3) is 0 Å². The molecule has 9 heteroatoms. The Balaban J connectivity index is 1.85. The van der Waals surface area contributed by atoms with Crippen LogP contribution in [0, 0.1) is 0 Å². The highest BCUT2D eigenvalue weighted by Gasteiger charge is 2.33. The van der Waals surface area contributed by atoms with Crippen molar-refractivity contribution in [3.8, 4) is 11.6 Å². The molecule has 3 rings (SSSR count). The molecular weight excluding hydrogens is 393 g/mol. The summed E-state index contributed by atoms with van der Waals surface area (Å²) >= 11 is 5.63. The van der Waals surface area contributed by atoms with Crippen LogP contribution in [-0.4, -0.2) is 9.97 Å². The standard InChI is InChI=1S/C19H16ClF3N4O/c1-2-11-3-6-13(7-4-11)28-18-16(24)17(25-10-26-18)27-12-5-8-15(20)14(9-12)19(21,22)23/h3-10H,2,24H2,1H3,(H,25,26,27). The summed E-state index contributed by atoms with van der Waals surface area (Å²) in [5.41, 5.74) is 6.40. The van der Waals surface area contributed by atoms with Crippen LogP contribution in [0.3, 0.4) is 0 Å². The Kier molecular flexibility index (Phi) is 5.60. The number of aryl methyl sites for hydroxylation is 1. The summed E-state index contributed by atoms with van der Waals surface area (Å²) in [6.45, 7) is 2.04. The highest BCUT2D eigenvalue weighted by Crippen LogP contribution is 2.37. The van der Waals surface area contributed by atoms with E-state index >= 15 is 0 Å². The number of alkyl halides is 3. The Labute approximate surface area is 164 Å². The molecule has 0 saturated heterocycles. The topological polar surface area (TPSA) is 73.1 Å². The zero-order valence-corrected chi connectivity index (χ0v) is 15.5. The molecule has 0 spiro atoms. The first-order chi connectivity index (χ1) is 13.3. The van der Waals surface area contributed by atoms with Gasteiger partial charge in [0.05, 0.1) is 10.6 Å². The number of nitrogens with zero attached hydrogens (tertiary/aromatic N) is 2. The number of ether oxygens (including phenoxy) is 1. The number of rotatable bonds is 5. The van der Waals surface area contributed by atoms with Gasteiger partial charge in [0, 0.05) is 5.69 Å². The molecule has 0 aliphatic carbocycles. The quantitative estimate of drug-likeness (QED) is 0.555. The second-order valence-corrected chi connectivity index (χ2v) is 6.27. The molecule has 0 bridgehead atoms. The Morgan fingerprint density at radius 2 is 1.82 bits per heavy atom. The Bertz CT molecular complexity index is 978. The molecule has 0 aliphatic heterocycles. The third-order valence-corrected chi connectivity index (χ3v) is 4.26. The average molecular weight is 409 g/mol. The minimum atomic E-state index is -4.58. The van der Waals surface area contributed by atoms with Crippen molar-refractivity contribution in [1.82, 2.24) is 9.97 Å². The molecule has 0 fully saturated rings. The number of benzene rings is 2. The molecule has 0 radical (unpaired) electrons. The smallest absolute Gasteiger partial charge is 0.417 e. The summed E-state index contributed by atoms with van der Waals surface area (Å²) in [5.74, 6) is 0.733. The molecule has 2 aromatic carbocycles. The van der Waals surface area contributed by atoms with Crippen LogP contribution >= 0.6 is 11.6 Å². The second kappa shape index (κ2) is 7.93. The van der Waals surface area contributed by atoms with Crippen molar-refractivity contribution in [2.45, 2.75) is 19.5 Å². The van der Waals surface area contributed by atoms with Gasteiger partial charge in [0.25, 0.3) is 0 Å². The number of anilines is 3. The Morgan fingerprint density at radius 1 is 1.11 bits per heavy atom. The summed E-state index contributed by atoms with van der Waals surface area (Å²) in [6.07, 6.45) is -2.48. The van der Waals surface area contributed by atoms with E-state index in [1.54, 1.807) is 12.1 Å². The van der Waals surface area contributed by atoms with E-state index in [2.05, 4.69) is 15.3 Å². The predicted octanol–water partition coefficient (Wildman–Crippen LogP) is 5.83. The lowest BCUT2D eigenvalue weighted by Crippen LogP contribution is -2.07. The molecule has 0 saturated carbocycles. The Morgan fingerprint density at radius 3 is 2.46 bits per heavy atom. The first kappa shape index (κ1) is 19.8. The first-order valence-corrected chi connectivity index (χ1v) is 8.66. The molecule has 3 N–H and O–H groups in total. The van der Waals surface area contributed by atoms with E-state index in [1.807, 2.05) is 19.1 Å². The monoisotopic (exact) mass is 408 g/mol. The molecule has 0 aliphatic rings. The molecule has 0 amide bonds. The molecule has 3 aromatic rings. The van der Waals surface area contributed by atoms with Crippen LogP contribution in [0.15, 0.2) is 48.8 Å². The third-order valence-electron chi connectivity index (χ3n) is 3.93. The van der Waals surface area contributed by atoms with Crippen LogP contribution in [0.1, 0.15) is 18.1 Å². The van der Waals surface area contributed by atoms with Gasteiger partial charge in [-0.1, -0.05) is 30.7 Å². The van der Waals surface area contributed by atoms with Crippen molar-refractivity contribution in [2.75, 3.05) is 11.1 Å². The highest BCUT2D eigenvalue weighted by molar-refractivity contribution is 6.31. The van der Waals surface area contributed by atoms with Gasteiger partial charge in [0.15, 0.2) is 5.82 Å². The van der Waals surface area contributed by atoms with E-state index in [1.165, 1.54) is 12.4 Å². The zero-order valence-electron chi connectivity index (χ0n) is 14.7. The van der Waals surface area contributed by atoms with Crippen LogP contribution in [0.4, 0.5) is 30.4 Å². The van der Waals surface area contributed by atoms with Gasteiger partial charge in [-0.15, -0.1) is 0 Å². The van der Waals surface area contributed by atoms with E-state index < -0.39 is 16.8 Å². The van der Waals surface area contributed by atoms with Crippen LogP contribution in [0.2, 0.25) is 5.02 Å². The van der Waals surface area contributed by atoms with Gasteiger partial charge in [-0.3, -0.25) is 0 Å². The minimum absolute atomic E-state index is 0.0607. The summed E-state index contributed by atoms with van der Waals surface area (Å²) in [5, 5.41) is 2.35. The SMILES string of the molecule is CCc1ccc(Oc2ncnc(Nc3ccc(Cl)c(C(F)(F)F)c3)c2N)cc1. The maximum Gasteiger partial charge on any atom is 0.417 e. The van der Waals surface area contributed by atoms with E-state index in [0.717, 1.165) is 24.1 Å². The molecule has 5 nitrogen and oxygen atoms in total. The number of hydrogen-bond acceptors (Lipinski definition) is 5. The van der Waals surface area contributed by atoms with Crippen molar-refractivity contribution in [2.24, 2.45) is 0 Å². The van der Waals surface area contributed by atoms with Gasteiger partial charge in [0.1, 0.15) is 17.8 Å². The van der Waals surface area contributed by atoms with Gasteiger partial charge >= 0.3 is 6.18 Å². The second-order valence-electron chi connectivity index (χ2n) is 5.86. The maximum absolute atomic E-state index is 13.0. The van der Waals surface area contributed by atoms with Gasteiger partial charge < -0.3 is 15.8 Å². The van der Waals surface area contributed by atoms with Gasteiger partial charge in [0.2, 0.25) is 5.88 Å². The normalized spacial score (nSPS) is 11.3. The van der Waals surface area contributed by atoms with Crippen molar-refractivity contribution >= 4 is 28.8 Å². The lowest BCUT2D eigenvalue weighted by atomic mass is 10.2. The largest absolute Gasteiger partial charge is 0.437 e. The third kappa shape index (κ3) is 4.45. The summed E-state index contributed by atoms with van der Waals surface area (Å²) < 4.78 is 44.7. The average Bonchev–Trinajstić information content (AvgIpc) is 2.66. The van der Waals surface area contributed by atoms with Crippen LogP contribution < -0.4 is 15.8 Å². The predicted molar refractivity (Wildman–Crippen MR) is 102 cm³/mol. The fraction of sp³-hybridized carbons (Fsp3) is 0.158. The van der Waals surface area contributed by atoms with E-state index in [0.29, 0.717) is 5.75 Å². The number of aromatic nitrogens is 2. The summed E-state index contributed by atoms with van der Waals surface area (Å²) in [7, 11) is 0. The molecule has 0 unspecified atom stereocenters. The lowest BCUT2D eigenvalue weighted by Gasteiger charge is -2.14. The van der Waals surface area contributed by atoms with Crippen molar-refractivity contribution in [3.63, 3.8) is 0 Å². The number of nitrogen functional groups attached to an aromatic ring is 1. The number of hydrogen-bond donors (Lipinski definition) is 2. The fourth-order valence-electron chi connectivity index (χ4n) is 2.42. The Hall–Kier alpha value is -3.00. The van der Waals surface area contributed by atoms with Gasteiger partial charge in [-0.05, 0) is 42.3 Å². The first-order valence-electron chi connectivity index (χ1n) is 8.29. The molecule has 146 valence electrons. The molecular formula is C19H16ClF3N4O. The van der Waals surface area contributed by atoms with Crippen molar-refractivity contribution in [3.05, 3.63) is 64.9 Å². The van der Waals surface area contributed by atoms with Crippen LogP contribution in [0.5, 0.6) is 11.6 Å². The zero-order chi connectivity index (χ0) is 20.3. The number of nitrogens with two attached hydrogens (primary N) is 1. The maximum atomic E-state index is 13.0. The molecule has 28 heavy (non-hydrogen) atoms. The molecule has 1 aromatic heterocycles. The molecule has 0 atom stereocenters. The van der Waals surface area contributed by atoms with E-state index in [9.17, 15) is 13.2 Å². The van der Waals surface area contributed by atoms with Crippen LogP contribution in [-0.2, 0) is 12.6 Å². The highest BCUT2D eigenvalue weighted by atomic mass is 35.5. The van der Waals surface area contributed by atoms with E-state index in [-0.39, 0.29) is 23.1 Å². The summed E-state index contributed by atoms with van der Waals surface area (Å²) in [6, 6.07) is 10.8. The number of halogens is 4. The fourth-order valence-corrected chi connectivity index (χ4v) is 2.65. The van der Waals surface area contributed by atoms with E-state index in [4.69, 9.17) is 22.1 Å². The lowest BCUT2D eigenvalue weighted by molar-refractivity contribution is -0.137. The summed E-state index contributed by atoms with van der Waals surface area (Å²) in [4.78, 5) is 7.97. The van der Waals surface area contributed by atoms with Gasteiger partial charge in [-0.2, -0.15) is 18.2 Å².